The topological polar surface area (TPSA) is 69.7 Å². The lowest BCUT2D eigenvalue weighted by Gasteiger charge is -2.48. The van der Waals surface area contributed by atoms with E-state index in [-0.39, 0.29) is 18.0 Å². The van der Waals surface area contributed by atoms with Gasteiger partial charge in [-0.05, 0) is 12.8 Å². The number of Topliss-reactive ketones (excluding diaryl/α,β-unsaturated/α-hetero) is 2. The molecule has 0 N–H and O–H groups in total. The Kier molecular flexibility index (Phi) is 4.13. The van der Waals surface area contributed by atoms with E-state index in [0.717, 1.165) is 0 Å². The lowest BCUT2D eigenvalue weighted by atomic mass is 9.55. The van der Waals surface area contributed by atoms with E-state index >= 15 is 0 Å². The summed E-state index contributed by atoms with van der Waals surface area (Å²) in [6.07, 6.45) is 3.13. The lowest BCUT2D eigenvalue weighted by molar-refractivity contribution is -0.142. The Balaban J connectivity index is 2.15. The maximum absolute atomic E-state index is 13.2. The van der Waals surface area contributed by atoms with Crippen molar-refractivity contribution in [3.05, 3.63) is 47.5 Å². The van der Waals surface area contributed by atoms with Crippen LogP contribution in [0, 0.1) is 17.3 Å². The molecule has 24 heavy (non-hydrogen) atoms. The van der Waals surface area contributed by atoms with E-state index in [1.807, 2.05) is 0 Å². The summed E-state index contributed by atoms with van der Waals surface area (Å²) in [5.41, 5.74) is -0.186. The molecule has 126 valence electrons. The Morgan fingerprint density at radius 3 is 2.42 bits per heavy atom. The third-order valence-corrected chi connectivity index (χ3v) is 5.29. The van der Waals surface area contributed by atoms with Crippen molar-refractivity contribution in [1.82, 2.24) is 0 Å². The first-order chi connectivity index (χ1) is 11.4. The van der Waals surface area contributed by atoms with Crippen molar-refractivity contribution in [3.8, 4) is 0 Å². The van der Waals surface area contributed by atoms with Crippen molar-refractivity contribution in [1.29, 1.82) is 0 Å². The van der Waals surface area contributed by atoms with Gasteiger partial charge >= 0.3 is 5.97 Å². The van der Waals surface area contributed by atoms with Crippen molar-refractivity contribution < 1.29 is 23.9 Å². The molecular formula is C19H20O5. The van der Waals surface area contributed by atoms with Crippen LogP contribution in [0.25, 0.3) is 0 Å². The maximum atomic E-state index is 13.2. The van der Waals surface area contributed by atoms with Crippen LogP contribution in [-0.4, -0.2) is 37.9 Å². The zero-order valence-electron chi connectivity index (χ0n) is 13.9. The van der Waals surface area contributed by atoms with E-state index in [2.05, 4.69) is 0 Å². The number of carbonyl (C=O) groups excluding carboxylic acids is 3. The van der Waals surface area contributed by atoms with Crippen molar-refractivity contribution in [2.75, 3.05) is 14.2 Å². The Bertz CT molecular complexity index is 735. The first kappa shape index (κ1) is 16.6. The molecule has 0 fully saturated rings. The van der Waals surface area contributed by atoms with Gasteiger partial charge in [-0.1, -0.05) is 36.4 Å². The second-order valence-corrected chi connectivity index (χ2v) is 6.48. The Labute approximate surface area is 140 Å². The fraction of sp³-hybridized carbons (Fsp3) is 0.421. The maximum Gasteiger partial charge on any atom is 0.306 e. The van der Waals surface area contributed by atoms with Crippen molar-refractivity contribution in [2.24, 2.45) is 17.3 Å². The molecule has 0 amide bonds. The molecule has 2 aliphatic rings. The summed E-state index contributed by atoms with van der Waals surface area (Å²) in [5, 5.41) is 0. The molecule has 1 aromatic rings. The smallest absolute Gasteiger partial charge is 0.306 e. The first-order valence-corrected chi connectivity index (χ1v) is 7.91. The number of methoxy groups -OCH3 is 2. The molecule has 0 aliphatic heterocycles. The van der Waals surface area contributed by atoms with E-state index in [0.29, 0.717) is 11.1 Å². The van der Waals surface area contributed by atoms with Crippen molar-refractivity contribution >= 4 is 17.5 Å². The quantitative estimate of drug-likeness (QED) is 0.630. The number of carbonyl (C=O) groups is 3. The second-order valence-electron chi connectivity index (χ2n) is 6.48. The lowest BCUT2D eigenvalue weighted by Crippen LogP contribution is -2.56. The van der Waals surface area contributed by atoms with Crippen molar-refractivity contribution in [3.63, 3.8) is 0 Å². The van der Waals surface area contributed by atoms with Gasteiger partial charge < -0.3 is 9.47 Å². The third-order valence-electron chi connectivity index (χ3n) is 5.29. The molecule has 0 saturated heterocycles. The summed E-state index contributed by atoms with van der Waals surface area (Å²) >= 11 is 0. The number of benzene rings is 1. The third kappa shape index (κ3) is 2.23. The molecule has 3 rings (SSSR count). The normalized spacial score (nSPS) is 31.4. The van der Waals surface area contributed by atoms with Gasteiger partial charge in [0.15, 0.2) is 11.6 Å². The number of ether oxygens (including phenoxy) is 2. The number of allylic oxidation sites excluding steroid dienone is 1. The van der Waals surface area contributed by atoms with E-state index in [1.54, 1.807) is 43.3 Å². The number of hydrogen-bond acceptors (Lipinski definition) is 5. The highest BCUT2D eigenvalue weighted by Crippen LogP contribution is 2.50. The number of fused-ring (bicyclic) bond motifs is 2. The Morgan fingerprint density at radius 2 is 1.79 bits per heavy atom. The molecule has 0 heterocycles. The average molecular weight is 328 g/mol. The summed E-state index contributed by atoms with van der Waals surface area (Å²) in [5.74, 6) is -1.67. The molecule has 5 heteroatoms. The Hall–Kier alpha value is -2.27. The summed E-state index contributed by atoms with van der Waals surface area (Å²) < 4.78 is 10.3. The van der Waals surface area contributed by atoms with Gasteiger partial charge in [0.2, 0.25) is 0 Å². The van der Waals surface area contributed by atoms with Crippen LogP contribution >= 0.6 is 0 Å². The number of rotatable bonds is 3. The summed E-state index contributed by atoms with van der Waals surface area (Å²) in [7, 11) is 2.84. The Morgan fingerprint density at radius 1 is 1.12 bits per heavy atom. The molecule has 0 saturated carbocycles. The predicted octanol–water partition coefficient (Wildman–Crippen LogP) is 2.45. The molecular weight excluding hydrogens is 308 g/mol. The number of ketones is 2. The highest BCUT2D eigenvalue weighted by atomic mass is 16.5. The van der Waals surface area contributed by atoms with Crippen LogP contribution < -0.4 is 0 Å². The fourth-order valence-electron chi connectivity index (χ4n) is 4.05. The van der Waals surface area contributed by atoms with Crippen LogP contribution in [0.5, 0.6) is 0 Å². The largest absolute Gasteiger partial charge is 0.469 e. The predicted molar refractivity (Wildman–Crippen MR) is 86.8 cm³/mol. The average Bonchev–Trinajstić information content (AvgIpc) is 2.59. The van der Waals surface area contributed by atoms with E-state index in [9.17, 15) is 14.4 Å². The van der Waals surface area contributed by atoms with Crippen LogP contribution in [-0.2, 0) is 14.3 Å². The minimum absolute atomic E-state index is 0.0604. The first-order valence-electron chi connectivity index (χ1n) is 7.91. The standard InChI is InChI=1S/C19H20O5/c1-19-14(23-2)9-8-11(10-15(20)24-3)16(19)17(21)12-6-4-5-7-13(12)18(19)22/h4-9,11,14,16H,10H2,1-3H3/t11-,14+,16-,19+/m1/s1. The highest BCUT2D eigenvalue weighted by Gasteiger charge is 2.58. The highest BCUT2D eigenvalue weighted by molar-refractivity contribution is 6.18. The van der Waals surface area contributed by atoms with Crippen LogP contribution in [0.3, 0.4) is 0 Å². The van der Waals surface area contributed by atoms with Crippen LogP contribution in [0.15, 0.2) is 36.4 Å². The minimum Gasteiger partial charge on any atom is -0.469 e. The van der Waals surface area contributed by atoms with E-state index in [1.165, 1.54) is 14.2 Å². The summed E-state index contributed by atoms with van der Waals surface area (Å²) in [6.45, 7) is 1.76. The monoisotopic (exact) mass is 328 g/mol. The van der Waals surface area contributed by atoms with Crippen molar-refractivity contribution in [2.45, 2.75) is 19.4 Å². The van der Waals surface area contributed by atoms with Gasteiger partial charge in [0.25, 0.3) is 0 Å². The zero-order chi connectivity index (χ0) is 17.5. The molecule has 1 aromatic carbocycles. The number of esters is 1. The summed E-state index contributed by atoms with van der Waals surface area (Å²) in [4.78, 5) is 38.1. The second kappa shape index (κ2) is 5.98. The van der Waals surface area contributed by atoms with Gasteiger partial charge in [-0.2, -0.15) is 0 Å². The van der Waals surface area contributed by atoms with Gasteiger partial charge in [0, 0.05) is 24.2 Å². The van der Waals surface area contributed by atoms with Gasteiger partial charge in [-0.25, -0.2) is 0 Å². The molecule has 4 atom stereocenters. The molecule has 0 unspecified atom stereocenters. The van der Waals surface area contributed by atoms with E-state index in [4.69, 9.17) is 9.47 Å². The van der Waals surface area contributed by atoms with Gasteiger partial charge in [-0.15, -0.1) is 0 Å². The molecule has 0 aromatic heterocycles. The molecule has 2 aliphatic carbocycles. The molecule has 5 nitrogen and oxygen atoms in total. The van der Waals surface area contributed by atoms with Gasteiger partial charge in [0.1, 0.15) is 0 Å². The molecule has 0 spiro atoms. The van der Waals surface area contributed by atoms with Crippen LogP contribution in [0.2, 0.25) is 0 Å². The van der Waals surface area contributed by atoms with Crippen LogP contribution in [0.1, 0.15) is 34.1 Å². The minimum atomic E-state index is -1.03. The van der Waals surface area contributed by atoms with Gasteiger partial charge in [0.05, 0.1) is 25.0 Å². The number of hydrogen-bond donors (Lipinski definition) is 0. The van der Waals surface area contributed by atoms with Crippen LogP contribution in [0.4, 0.5) is 0 Å². The van der Waals surface area contributed by atoms with E-state index < -0.39 is 29.3 Å². The molecule has 0 radical (unpaired) electrons. The fourth-order valence-corrected chi connectivity index (χ4v) is 4.05. The molecule has 0 bridgehead atoms. The van der Waals surface area contributed by atoms with Gasteiger partial charge in [-0.3, -0.25) is 14.4 Å². The zero-order valence-corrected chi connectivity index (χ0v) is 13.9. The summed E-state index contributed by atoms with van der Waals surface area (Å²) in [6, 6.07) is 6.84. The SMILES string of the molecule is COC(=O)C[C@H]1C=C[C@H](OC)[C@]2(C)C(=O)c3ccccc3C(=O)[C@@H]12.